The van der Waals surface area contributed by atoms with Crippen LogP contribution in [0.15, 0.2) is 28.8 Å². The number of carboxylic acid groups (broad SMARTS) is 1. The van der Waals surface area contributed by atoms with Gasteiger partial charge in [0.05, 0.1) is 25.5 Å². The van der Waals surface area contributed by atoms with Crippen molar-refractivity contribution in [1.29, 1.82) is 0 Å². The lowest BCUT2D eigenvalue weighted by Crippen LogP contribution is -2.45. The smallest absolute Gasteiger partial charge is 0.410 e. The Bertz CT molecular complexity index is 889. The van der Waals surface area contributed by atoms with Crippen LogP contribution in [-0.2, 0) is 9.47 Å². The summed E-state index contributed by atoms with van der Waals surface area (Å²) in [5.74, 6) is -1.35. The molecule has 1 aromatic carbocycles. The largest absolute Gasteiger partial charge is 0.475 e. The van der Waals surface area contributed by atoms with E-state index in [1.165, 1.54) is 0 Å². The average Bonchev–Trinajstić information content (AvgIpc) is 3.10. The molecular formula is C19H21ClN2O6. The molecule has 1 atom stereocenters. The Morgan fingerprint density at radius 3 is 2.71 bits per heavy atom. The lowest BCUT2D eigenvalue weighted by molar-refractivity contribution is -0.0331. The summed E-state index contributed by atoms with van der Waals surface area (Å²) in [5.41, 5.74) is 0.595. The number of carboxylic acids is 1. The van der Waals surface area contributed by atoms with Crippen molar-refractivity contribution < 1.29 is 28.6 Å². The number of ether oxygens (including phenoxy) is 2. The first-order chi connectivity index (χ1) is 13.1. The maximum Gasteiger partial charge on any atom is 0.410 e. The second-order valence-electron chi connectivity index (χ2n) is 7.37. The Morgan fingerprint density at radius 2 is 2.07 bits per heavy atom. The first-order valence-electron chi connectivity index (χ1n) is 8.71. The van der Waals surface area contributed by atoms with E-state index in [-0.39, 0.29) is 18.3 Å². The van der Waals surface area contributed by atoms with E-state index in [0.29, 0.717) is 29.3 Å². The van der Waals surface area contributed by atoms with Crippen LogP contribution in [0.25, 0.3) is 11.5 Å². The molecule has 1 saturated heterocycles. The highest BCUT2D eigenvalue weighted by molar-refractivity contribution is 6.30. The van der Waals surface area contributed by atoms with E-state index in [2.05, 4.69) is 4.98 Å². The van der Waals surface area contributed by atoms with Gasteiger partial charge >= 0.3 is 12.1 Å². The topological polar surface area (TPSA) is 102 Å². The van der Waals surface area contributed by atoms with E-state index in [9.17, 15) is 9.59 Å². The summed E-state index contributed by atoms with van der Waals surface area (Å²) < 4.78 is 16.3. The highest BCUT2D eigenvalue weighted by atomic mass is 35.5. The third-order valence-electron chi connectivity index (χ3n) is 4.02. The van der Waals surface area contributed by atoms with Crippen LogP contribution in [0.1, 0.15) is 42.9 Å². The van der Waals surface area contributed by atoms with E-state index < -0.39 is 23.7 Å². The number of halogens is 1. The van der Waals surface area contributed by atoms with Crippen LogP contribution in [0.2, 0.25) is 5.02 Å². The lowest BCUT2D eigenvalue weighted by atomic mass is 10.0. The Morgan fingerprint density at radius 1 is 1.32 bits per heavy atom. The standard InChI is InChI=1S/C19H21ClN2O6/c1-19(2,3)28-18(25)22-4-5-26-10-14(22)11-6-12(8-13(20)7-11)16-21-9-15(27-16)17(23)24/h6-9,14H,4-5,10H2,1-3H3,(H,23,24)/t14-/m0/s1. The highest BCUT2D eigenvalue weighted by Gasteiger charge is 2.32. The minimum atomic E-state index is -1.21. The average molecular weight is 409 g/mol. The zero-order chi connectivity index (χ0) is 20.5. The summed E-state index contributed by atoms with van der Waals surface area (Å²) >= 11 is 6.26. The zero-order valence-corrected chi connectivity index (χ0v) is 16.5. The van der Waals surface area contributed by atoms with Crippen molar-refractivity contribution in [2.75, 3.05) is 19.8 Å². The molecule has 2 aromatic rings. The minimum absolute atomic E-state index is 0.127. The monoisotopic (exact) mass is 408 g/mol. The Labute approximate surface area is 167 Å². The number of carbonyl (C=O) groups is 2. The molecule has 150 valence electrons. The molecule has 2 heterocycles. The molecule has 0 unspecified atom stereocenters. The van der Waals surface area contributed by atoms with Gasteiger partial charge in [0.2, 0.25) is 11.7 Å². The van der Waals surface area contributed by atoms with Crippen LogP contribution in [0.4, 0.5) is 4.79 Å². The van der Waals surface area contributed by atoms with Crippen LogP contribution < -0.4 is 0 Å². The molecule has 1 N–H and O–H groups in total. The van der Waals surface area contributed by atoms with Gasteiger partial charge < -0.3 is 19.0 Å². The van der Waals surface area contributed by atoms with Gasteiger partial charge in [-0.2, -0.15) is 0 Å². The summed E-state index contributed by atoms with van der Waals surface area (Å²) in [6.07, 6.45) is 0.696. The third-order valence-corrected chi connectivity index (χ3v) is 4.24. The van der Waals surface area contributed by atoms with Crippen molar-refractivity contribution in [2.45, 2.75) is 32.4 Å². The summed E-state index contributed by atoms with van der Waals surface area (Å²) in [5, 5.41) is 9.41. The number of rotatable bonds is 3. The minimum Gasteiger partial charge on any atom is -0.475 e. The van der Waals surface area contributed by atoms with E-state index in [1.807, 2.05) is 0 Å². The molecule has 8 nitrogen and oxygen atoms in total. The first kappa shape index (κ1) is 20.2. The zero-order valence-electron chi connectivity index (χ0n) is 15.8. The highest BCUT2D eigenvalue weighted by Crippen LogP contribution is 2.32. The van der Waals surface area contributed by atoms with Gasteiger partial charge in [0.25, 0.3) is 0 Å². The van der Waals surface area contributed by atoms with Gasteiger partial charge in [-0.15, -0.1) is 0 Å². The molecule has 1 amide bonds. The maximum atomic E-state index is 12.6. The summed E-state index contributed by atoms with van der Waals surface area (Å²) in [6.45, 7) is 6.49. The molecule has 0 bridgehead atoms. The van der Waals surface area contributed by atoms with Crippen LogP contribution in [0, 0.1) is 0 Å². The molecule has 28 heavy (non-hydrogen) atoms. The molecule has 1 aliphatic rings. The van der Waals surface area contributed by atoms with Crippen LogP contribution in [0.3, 0.4) is 0 Å². The second-order valence-corrected chi connectivity index (χ2v) is 7.81. The number of morpholine rings is 1. The summed E-state index contributed by atoms with van der Waals surface area (Å²) in [7, 11) is 0. The van der Waals surface area contributed by atoms with Gasteiger partial charge in [0.15, 0.2) is 0 Å². The van der Waals surface area contributed by atoms with Gasteiger partial charge in [-0.3, -0.25) is 4.90 Å². The molecule has 1 aliphatic heterocycles. The van der Waals surface area contributed by atoms with E-state index in [0.717, 1.165) is 6.20 Å². The molecule has 1 aromatic heterocycles. The van der Waals surface area contributed by atoms with Gasteiger partial charge in [-0.1, -0.05) is 11.6 Å². The van der Waals surface area contributed by atoms with Crippen molar-refractivity contribution >= 4 is 23.7 Å². The number of benzene rings is 1. The first-order valence-corrected chi connectivity index (χ1v) is 9.09. The van der Waals surface area contributed by atoms with Crippen molar-refractivity contribution in [3.8, 4) is 11.5 Å². The quantitative estimate of drug-likeness (QED) is 0.818. The van der Waals surface area contributed by atoms with Crippen molar-refractivity contribution in [3.05, 3.63) is 40.7 Å². The fourth-order valence-corrected chi connectivity index (χ4v) is 3.10. The Kier molecular flexibility index (Phi) is 5.62. The van der Waals surface area contributed by atoms with Gasteiger partial charge in [-0.05, 0) is 44.5 Å². The molecule has 9 heteroatoms. The number of amides is 1. The summed E-state index contributed by atoms with van der Waals surface area (Å²) in [6, 6.07) is 4.68. The normalized spacial score (nSPS) is 17.4. The predicted molar refractivity (Wildman–Crippen MR) is 100 cm³/mol. The predicted octanol–water partition coefficient (Wildman–Crippen LogP) is 4.00. The molecular weight excluding hydrogens is 388 g/mol. The number of oxazole rings is 1. The maximum absolute atomic E-state index is 12.6. The van der Waals surface area contributed by atoms with Crippen LogP contribution in [-0.4, -0.2) is 52.4 Å². The second kappa shape index (κ2) is 7.81. The molecule has 3 rings (SSSR count). The fraction of sp³-hybridized carbons (Fsp3) is 0.421. The number of carbonyl (C=O) groups excluding carboxylic acids is 1. The van der Waals surface area contributed by atoms with Gasteiger partial charge in [-0.25, -0.2) is 14.6 Å². The number of aromatic nitrogens is 1. The Balaban J connectivity index is 1.93. The molecule has 0 radical (unpaired) electrons. The van der Waals surface area contributed by atoms with Crippen molar-refractivity contribution in [2.24, 2.45) is 0 Å². The van der Waals surface area contributed by atoms with Gasteiger partial charge in [0.1, 0.15) is 5.60 Å². The summed E-state index contributed by atoms with van der Waals surface area (Å²) in [4.78, 5) is 29.3. The third kappa shape index (κ3) is 4.63. The number of hydrogen-bond donors (Lipinski definition) is 1. The van der Waals surface area contributed by atoms with Crippen molar-refractivity contribution in [1.82, 2.24) is 9.88 Å². The van der Waals surface area contributed by atoms with E-state index >= 15 is 0 Å². The lowest BCUT2D eigenvalue weighted by Gasteiger charge is -2.37. The molecule has 0 aliphatic carbocycles. The number of aromatic carboxylic acids is 1. The number of hydrogen-bond acceptors (Lipinski definition) is 6. The van der Waals surface area contributed by atoms with Crippen LogP contribution in [0.5, 0.6) is 0 Å². The molecule has 0 spiro atoms. The van der Waals surface area contributed by atoms with E-state index in [1.54, 1.807) is 43.9 Å². The SMILES string of the molecule is CC(C)(C)OC(=O)N1CCOC[C@H]1c1cc(Cl)cc(-c2ncc(C(=O)O)o2)c1. The number of nitrogens with zero attached hydrogens (tertiary/aromatic N) is 2. The van der Waals surface area contributed by atoms with E-state index in [4.69, 9.17) is 30.6 Å². The van der Waals surface area contributed by atoms with Crippen molar-refractivity contribution in [3.63, 3.8) is 0 Å². The Hall–Kier alpha value is -2.58. The molecule has 0 saturated carbocycles. The fourth-order valence-electron chi connectivity index (χ4n) is 2.85. The molecule has 1 fully saturated rings. The van der Waals surface area contributed by atoms with Crippen LogP contribution >= 0.6 is 11.6 Å². The van der Waals surface area contributed by atoms with Gasteiger partial charge in [0, 0.05) is 17.1 Å².